The number of nitrogens with one attached hydrogen (secondary N) is 1. The van der Waals surface area contributed by atoms with Crippen LogP contribution in [0, 0.1) is 3.57 Å². The van der Waals surface area contributed by atoms with Crippen molar-refractivity contribution in [3.63, 3.8) is 0 Å². The summed E-state index contributed by atoms with van der Waals surface area (Å²) >= 11 is 13.0. The molecule has 1 aromatic rings. The number of aromatic nitrogens is 2. The lowest BCUT2D eigenvalue weighted by Crippen LogP contribution is -2.22. The zero-order valence-corrected chi connectivity index (χ0v) is 10.5. The van der Waals surface area contributed by atoms with Gasteiger partial charge in [-0.2, -0.15) is 23.1 Å². The van der Waals surface area contributed by atoms with Crippen molar-refractivity contribution in [2.45, 2.75) is 6.18 Å². The first-order valence-electron chi connectivity index (χ1n) is 3.49. The fourth-order valence-corrected chi connectivity index (χ4v) is 1.28. The van der Waals surface area contributed by atoms with E-state index in [-0.39, 0.29) is 16.3 Å². The zero-order valence-electron chi connectivity index (χ0n) is 6.87. The summed E-state index contributed by atoms with van der Waals surface area (Å²) in [4.78, 5) is 7.18. The van der Waals surface area contributed by atoms with E-state index in [0.29, 0.717) is 3.57 Å². The van der Waals surface area contributed by atoms with Crippen LogP contribution in [0.1, 0.15) is 0 Å². The highest BCUT2D eigenvalue weighted by Gasteiger charge is 2.27. The SMILES string of the molecule is FC(F)(F)CNc1nc(Cl)c(I)c(Cl)n1. The molecule has 0 aromatic carbocycles. The molecule has 0 aliphatic carbocycles. The molecule has 0 saturated carbocycles. The average molecular weight is 372 g/mol. The van der Waals surface area contributed by atoms with E-state index < -0.39 is 12.7 Å². The van der Waals surface area contributed by atoms with Crippen molar-refractivity contribution < 1.29 is 13.2 Å². The van der Waals surface area contributed by atoms with E-state index in [1.807, 2.05) is 5.32 Å². The molecule has 3 nitrogen and oxygen atoms in total. The first kappa shape index (κ1) is 13.0. The number of hydrogen-bond donors (Lipinski definition) is 1. The molecule has 15 heavy (non-hydrogen) atoms. The predicted molar refractivity (Wildman–Crippen MR) is 59.3 cm³/mol. The van der Waals surface area contributed by atoms with E-state index in [4.69, 9.17) is 23.2 Å². The molecule has 0 amide bonds. The standard InChI is InChI=1S/C6H3Cl2F3IN3/c7-3-2(12)4(8)15-5(14-3)13-1-6(9,10)11/h1H2,(H,13,14,15). The minimum atomic E-state index is -4.34. The maximum absolute atomic E-state index is 11.8. The third-order valence-electron chi connectivity index (χ3n) is 1.22. The Balaban J connectivity index is 2.80. The van der Waals surface area contributed by atoms with Gasteiger partial charge in [0, 0.05) is 0 Å². The Hall–Kier alpha value is -0.0200. The molecule has 0 atom stereocenters. The van der Waals surface area contributed by atoms with Crippen molar-refractivity contribution in [2.75, 3.05) is 11.9 Å². The minimum Gasteiger partial charge on any atom is -0.345 e. The van der Waals surface area contributed by atoms with Gasteiger partial charge in [-0.25, -0.2) is 0 Å². The van der Waals surface area contributed by atoms with Crippen molar-refractivity contribution in [2.24, 2.45) is 0 Å². The largest absolute Gasteiger partial charge is 0.405 e. The van der Waals surface area contributed by atoms with E-state index in [9.17, 15) is 13.2 Å². The zero-order chi connectivity index (χ0) is 11.6. The van der Waals surface area contributed by atoms with Crippen LogP contribution in [0.2, 0.25) is 10.3 Å². The second-order valence-corrected chi connectivity index (χ2v) is 4.21. The Bertz CT molecular complexity index is 348. The predicted octanol–water partition coefficient (Wildman–Crippen LogP) is 3.36. The highest BCUT2D eigenvalue weighted by Crippen LogP contribution is 2.24. The van der Waals surface area contributed by atoms with Gasteiger partial charge in [-0.3, -0.25) is 0 Å². The average Bonchev–Trinajstić information content (AvgIpc) is 2.09. The van der Waals surface area contributed by atoms with Gasteiger partial charge in [0.25, 0.3) is 0 Å². The smallest absolute Gasteiger partial charge is 0.345 e. The van der Waals surface area contributed by atoms with Gasteiger partial charge in [0.1, 0.15) is 16.9 Å². The molecular formula is C6H3Cl2F3IN3. The number of halogens is 6. The lowest BCUT2D eigenvalue weighted by Gasteiger charge is -2.08. The van der Waals surface area contributed by atoms with Crippen LogP contribution >= 0.6 is 45.8 Å². The molecule has 1 aromatic heterocycles. The molecule has 1 rings (SSSR count). The lowest BCUT2D eigenvalue weighted by molar-refractivity contribution is -0.115. The fourth-order valence-electron chi connectivity index (χ4n) is 0.653. The van der Waals surface area contributed by atoms with Gasteiger partial charge in [-0.15, -0.1) is 0 Å². The van der Waals surface area contributed by atoms with Crippen LogP contribution in [-0.2, 0) is 0 Å². The molecule has 1 heterocycles. The monoisotopic (exact) mass is 371 g/mol. The summed E-state index contributed by atoms with van der Waals surface area (Å²) in [5.41, 5.74) is 0. The highest BCUT2D eigenvalue weighted by molar-refractivity contribution is 14.1. The number of rotatable bonds is 2. The van der Waals surface area contributed by atoms with Crippen LogP contribution in [-0.4, -0.2) is 22.7 Å². The Morgan fingerprint density at radius 1 is 1.20 bits per heavy atom. The molecule has 0 spiro atoms. The lowest BCUT2D eigenvalue weighted by atomic mass is 10.6. The molecule has 1 N–H and O–H groups in total. The summed E-state index contributed by atoms with van der Waals surface area (Å²) in [6.45, 7) is -1.24. The van der Waals surface area contributed by atoms with Crippen LogP contribution in [0.25, 0.3) is 0 Å². The Morgan fingerprint density at radius 2 is 1.67 bits per heavy atom. The second kappa shape index (κ2) is 4.88. The third kappa shape index (κ3) is 4.15. The van der Waals surface area contributed by atoms with Crippen LogP contribution in [0.5, 0.6) is 0 Å². The van der Waals surface area contributed by atoms with Gasteiger partial charge in [-0.05, 0) is 22.6 Å². The van der Waals surface area contributed by atoms with E-state index in [1.54, 1.807) is 22.6 Å². The molecule has 0 unspecified atom stereocenters. The maximum atomic E-state index is 11.8. The van der Waals surface area contributed by atoms with Crippen LogP contribution < -0.4 is 5.32 Å². The summed E-state index contributed by atoms with van der Waals surface area (Å²) < 4.78 is 35.9. The molecular weight excluding hydrogens is 369 g/mol. The van der Waals surface area contributed by atoms with Crippen molar-refractivity contribution >= 4 is 51.7 Å². The quantitative estimate of drug-likeness (QED) is 0.640. The number of alkyl halides is 3. The summed E-state index contributed by atoms with van der Waals surface area (Å²) in [5, 5.41) is 2.00. The fraction of sp³-hybridized carbons (Fsp3) is 0.333. The summed E-state index contributed by atoms with van der Waals surface area (Å²) in [5.74, 6) is -0.247. The number of hydrogen-bond acceptors (Lipinski definition) is 3. The van der Waals surface area contributed by atoms with Crippen LogP contribution in [0.4, 0.5) is 19.1 Å². The van der Waals surface area contributed by atoms with Crippen molar-refractivity contribution in [3.8, 4) is 0 Å². The van der Waals surface area contributed by atoms with E-state index >= 15 is 0 Å². The normalized spacial score (nSPS) is 11.6. The van der Waals surface area contributed by atoms with Crippen molar-refractivity contribution in [3.05, 3.63) is 13.9 Å². The molecule has 0 saturated heterocycles. The third-order valence-corrected chi connectivity index (χ3v) is 3.42. The molecule has 0 fully saturated rings. The first-order valence-corrected chi connectivity index (χ1v) is 5.32. The Morgan fingerprint density at radius 3 is 2.07 bits per heavy atom. The summed E-state index contributed by atoms with van der Waals surface area (Å²) in [7, 11) is 0. The summed E-state index contributed by atoms with van der Waals surface area (Å²) in [6, 6.07) is 0. The Kier molecular flexibility index (Phi) is 4.24. The van der Waals surface area contributed by atoms with E-state index in [1.165, 1.54) is 0 Å². The molecule has 0 aliphatic rings. The second-order valence-electron chi connectivity index (χ2n) is 2.41. The van der Waals surface area contributed by atoms with Crippen LogP contribution in [0.3, 0.4) is 0 Å². The van der Waals surface area contributed by atoms with Gasteiger partial charge >= 0.3 is 6.18 Å². The van der Waals surface area contributed by atoms with Crippen molar-refractivity contribution in [1.82, 2.24) is 9.97 Å². The van der Waals surface area contributed by atoms with Gasteiger partial charge in [0.15, 0.2) is 0 Å². The van der Waals surface area contributed by atoms with Gasteiger partial charge in [0.05, 0.1) is 3.57 Å². The first-order chi connectivity index (χ1) is 6.79. The maximum Gasteiger partial charge on any atom is 0.405 e. The topological polar surface area (TPSA) is 37.8 Å². The molecule has 0 bridgehead atoms. The Labute approximate surface area is 107 Å². The molecule has 84 valence electrons. The van der Waals surface area contributed by atoms with Gasteiger partial charge in [0.2, 0.25) is 5.95 Å². The van der Waals surface area contributed by atoms with Gasteiger partial charge in [-0.1, -0.05) is 23.2 Å². The van der Waals surface area contributed by atoms with Gasteiger partial charge < -0.3 is 5.32 Å². The van der Waals surface area contributed by atoms with Crippen molar-refractivity contribution in [1.29, 1.82) is 0 Å². The minimum absolute atomic E-state index is 0.0141. The van der Waals surface area contributed by atoms with E-state index in [2.05, 4.69) is 9.97 Å². The van der Waals surface area contributed by atoms with E-state index in [0.717, 1.165) is 0 Å². The molecule has 0 aliphatic heterocycles. The molecule has 0 radical (unpaired) electrons. The number of nitrogens with zero attached hydrogens (tertiary/aromatic N) is 2. The molecule has 9 heteroatoms. The summed E-state index contributed by atoms with van der Waals surface area (Å²) in [6.07, 6.45) is -4.34. The highest BCUT2D eigenvalue weighted by atomic mass is 127. The number of anilines is 1. The van der Waals surface area contributed by atoms with Crippen LogP contribution in [0.15, 0.2) is 0 Å².